The molecule has 0 aliphatic carbocycles. The van der Waals surface area contributed by atoms with Crippen LogP contribution in [-0.4, -0.2) is 6.61 Å². The highest BCUT2D eigenvalue weighted by molar-refractivity contribution is 4.79. The summed E-state index contributed by atoms with van der Waals surface area (Å²) in [4.78, 5) is 0. The lowest BCUT2D eigenvalue weighted by atomic mass is 10.2. The number of ether oxygens (including phenoxy) is 1. The van der Waals surface area contributed by atoms with Crippen LogP contribution in [0.15, 0.2) is 12.2 Å². The Morgan fingerprint density at radius 1 is 1.25 bits per heavy atom. The molecule has 0 fully saturated rings. The highest BCUT2D eigenvalue weighted by atomic mass is 19.3. The molecule has 0 saturated carbocycles. The first-order valence-electron chi connectivity index (χ1n) is 4.18. The number of hydrogen-bond acceptors (Lipinski definition) is 1. The van der Waals surface area contributed by atoms with Crippen LogP contribution in [0.3, 0.4) is 0 Å². The number of halogens is 2. The minimum absolute atomic E-state index is 0.470. The lowest BCUT2D eigenvalue weighted by molar-refractivity contribution is 0.198. The molecule has 0 aromatic carbocycles. The molecule has 0 N–H and O–H groups in total. The Hall–Kier alpha value is -0.440. The number of unbranched alkanes of at least 4 members (excludes halogenated alkanes) is 3. The predicted molar refractivity (Wildman–Crippen MR) is 44.7 cm³/mol. The van der Waals surface area contributed by atoms with Gasteiger partial charge in [-0.2, -0.15) is 8.78 Å². The van der Waals surface area contributed by atoms with Gasteiger partial charge in [0, 0.05) is 6.61 Å². The molecule has 3 heteroatoms. The van der Waals surface area contributed by atoms with E-state index >= 15 is 0 Å². The van der Waals surface area contributed by atoms with Crippen molar-refractivity contribution in [3.8, 4) is 0 Å². The van der Waals surface area contributed by atoms with Crippen molar-refractivity contribution >= 4 is 0 Å². The van der Waals surface area contributed by atoms with Crippen LogP contribution in [0.1, 0.15) is 32.6 Å². The van der Waals surface area contributed by atoms with Crippen LogP contribution in [0, 0.1) is 6.61 Å². The van der Waals surface area contributed by atoms with Crippen molar-refractivity contribution in [1.82, 2.24) is 0 Å². The Kier molecular flexibility index (Phi) is 8.34. The average molecular weight is 177 g/mol. The van der Waals surface area contributed by atoms with Gasteiger partial charge in [-0.15, -0.1) is 0 Å². The van der Waals surface area contributed by atoms with E-state index in [4.69, 9.17) is 4.74 Å². The molecule has 0 heterocycles. The molecule has 1 nitrogen and oxygen atoms in total. The van der Waals surface area contributed by atoms with E-state index in [1.54, 1.807) is 6.61 Å². The molecule has 0 spiro atoms. The maximum atomic E-state index is 11.5. The van der Waals surface area contributed by atoms with Crippen molar-refractivity contribution in [2.75, 3.05) is 6.61 Å². The van der Waals surface area contributed by atoms with Crippen LogP contribution >= 0.6 is 0 Å². The van der Waals surface area contributed by atoms with Crippen molar-refractivity contribution < 1.29 is 13.5 Å². The van der Waals surface area contributed by atoms with E-state index in [0.29, 0.717) is 13.0 Å². The fraction of sp³-hybridized carbons (Fsp3) is 0.667. The van der Waals surface area contributed by atoms with Gasteiger partial charge in [0.05, 0.1) is 6.61 Å². The van der Waals surface area contributed by atoms with E-state index < -0.39 is 6.08 Å². The first-order chi connectivity index (χ1) is 5.77. The van der Waals surface area contributed by atoms with Crippen LogP contribution in [0.2, 0.25) is 0 Å². The van der Waals surface area contributed by atoms with Gasteiger partial charge < -0.3 is 4.74 Å². The number of allylic oxidation sites excluding steroid dienone is 1. The lowest BCUT2D eigenvalue weighted by Gasteiger charge is -1.98. The summed E-state index contributed by atoms with van der Waals surface area (Å²) in [7, 11) is 0. The third-order valence-corrected chi connectivity index (χ3v) is 1.43. The molecule has 0 aromatic heterocycles. The van der Waals surface area contributed by atoms with Crippen molar-refractivity contribution in [1.29, 1.82) is 0 Å². The standard InChI is InChI=1S/C9H15F2O/c1-2-12-8-6-4-3-5-7-9(10)11/h2,7H,3-6,8H2,1H3. The van der Waals surface area contributed by atoms with Gasteiger partial charge in [0.25, 0.3) is 6.08 Å². The van der Waals surface area contributed by atoms with Gasteiger partial charge in [-0.1, -0.05) is 6.42 Å². The first-order valence-corrected chi connectivity index (χ1v) is 4.18. The van der Waals surface area contributed by atoms with Gasteiger partial charge in [0.15, 0.2) is 0 Å². The summed E-state index contributed by atoms with van der Waals surface area (Å²) in [6.07, 6.45) is 2.55. The van der Waals surface area contributed by atoms with Crippen molar-refractivity contribution in [2.45, 2.75) is 32.6 Å². The highest BCUT2D eigenvalue weighted by Gasteiger charge is 1.90. The normalized spacial score (nSPS) is 9.92. The largest absolute Gasteiger partial charge is 0.376 e. The van der Waals surface area contributed by atoms with Crippen LogP contribution in [0.4, 0.5) is 8.78 Å². The van der Waals surface area contributed by atoms with Crippen LogP contribution < -0.4 is 0 Å². The first kappa shape index (κ1) is 11.6. The SMILES string of the molecule is C[CH]OCCCCCC=C(F)F. The topological polar surface area (TPSA) is 9.23 Å². The van der Waals surface area contributed by atoms with Crippen LogP contribution in [-0.2, 0) is 4.74 Å². The zero-order chi connectivity index (χ0) is 9.23. The van der Waals surface area contributed by atoms with Crippen molar-refractivity contribution in [3.05, 3.63) is 18.8 Å². The minimum atomic E-state index is -1.58. The van der Waals surface area contributed by atoms with Gasteiger partial charge in [0.2, 0.25) is 0 Å². The summed E-state index contributed by atoms with van der Waals surface area (Å²) in [5, 5.41) is 0. The minimum Gasteiger partial charge on any atom is -0.376 e. The molecule has 0 aromatic rings. The Bertz CT molecular complexity index is 120. The van der Waals surface area contributed by atoms with E-state index in [1.165, 1.54) is 0 Å². The Labute approximate surface area is 72.4 Å². The van der Waals surface area contributed by atoms with Crippen LogP contribution in [0.25, 0.3) is 0 Å². The summed E-state index contributed by atoms with van der Waals surface area (Å²) in [6, 6.07) is 0. The molecular weight excluding hydrogens is 162 g/mol. The van der Waals surface area contributed by atoms with Crippen molar-refractivity contribution in [3.63, 3.8) is 0 Å². The molecule has 1 radical (unpaired) electrons. The van der Waals surface area contributed by atoms with Gasteiger partial charge in [-0.05, 0) is 32.3 Å². The average Bonchev–Trinajstić information content (AvgIpc) is 2.02. The highest BCUT2D eigenvalue weighted by Crippen LogP contribution is 2.05. The molecule has 0 rings (SSSR count). The molecule has 0 bridgehead atoms. The maximum Gasteiger partial charge on any atom is 0.266 e. The molecule has 0 unspecified atom stereocenters. The Morgan fingerprint density at radius 2 is 2.00 bits per heavy atom. The third-order valence-electron chi connectivity index (χ3n) is 1.43. The molecular formula is C9H15F2O. The van der Waals surface area contributed by atoms with E-state index in [9.17, 15) is 8.78 Å². The molecule has 0 aliphatic rings. The van der Waals surface area contributed by atoms with Gasteiger partial charge in [-0.3, -0.25) is 0 Å². The summed E-state index contributed by atoms with van der Waals surface area (Å²) in [5.41, 5.74) is 0. The maximum absolute atomic E-state index is 11.5. The summed E-state index contributed by atoms with van der Waals surface area (Å²) in [6.45, 7) is 4.15. The monoisotopic (exact) mass is 177 g/mol. The smallest absolute Gasteiger partial charge is 0.266 e. The zero-order valence-electron chi connectivity index (χ0n) is 7.35. The molecule has 0 atom stereocenters. The predicted octanol–water partition coefficient (Wildman–Crippen LogP) is 3.53. The summed E-state index contributed by atoms with van der Waals surface area (Å²) >= 11 is 0. The third kappa shape index (κ3) is 9.56. The van der Waals surface area contributed by atoms with Crippen LogP contribution in [0.5, 0.6) is 0 Å². The summed E-state index contributed by atoms with van der Waals surface area (Å²) < 4.78 is 28.0. The fourth-order valence-electron chi connectivity index (χ4n) is 0.836. The zero-order valence-corrected chi connectivity index (χ0v) is 7.35. The van der Waals surface area contributed by atoms with Crippen molar-refractivity contribution in [2.24, 2.45) is 0 Å². The number of hydrogen-bond donors (Lipinski definition) is 0. The molecule has 71 valence electrons. The van der Waals surface area contributed by atoms with E-state index in [2.05, 4.69) is 0 Å². The molecule has 12 heavy (non-hydrogen) atoms. The lowest BCUT2D eigenvalue weighted by Crippen LogP contribution is -1.88. The summed E-state index contributed by atoms with van der Waals surface area (Å²) in [5.74, 6) is 0. The molecule has 0 aliphatic heterocycles. The number of rotatable bonds is 7. The van der Waals surface area contributed by atoms with Gasteiger partial charge in [0.1, 0.15) is 0 Å². The second kappa shape index (κ2) is 8.65. The molecule has 0 saturated heterocycles. The second-order valence-electron chi connectivity index (χ2n) is 2.45. The van der Waals surface area contributed by atoms with Gasteiger partial charge in [-0.25, -0.2) is 0 Å². The van der Waals surface area contributed by atoms with Gasteiger partial charge >= 0.3 is 0 Å². The second-order valence-corrected chi connectivity index (χ2v) is 2.45. The Balaban J connectivity index is 2.96. The quantitative estimate of drug-likeness (QED) is 0.540. The van der Waals surface area contributed by atoms with E-state index in [-0.39, 0.29) is 0 Å². The Morgan fingerprint density at radius 3 is 2.58 bits per heavy atom. The van der Waals surface area contributed by atoms with E-state index in [0.717, 1.165) is 25.3 Å². The fourth-order valence-corrected chi connectivity index (χ4v) is 0.836. The molecule has 0 amide bonds. The van der Waals surface area contributed by atoms with E-state index in [1.807, 2.05) is 6.92 Å².